The number of benzene rings is 1. The number of amides is 1. The number of nitrogens with two attached hydrogens (primary N) is 1. The summed E-state index contributed by atoms with van der Waals surface area (Å²) in [5.41, 5.74) is 4.94. The van der Waals surface area contributed by atoms with Crippen LogP contribution in [0.25, 0.3) is 0 Å². The van der Waals surface area contributed by atoms with Crippen LogP contribution in [0.5, 0.6) is 5.75 Å². The lowest BCUT2D eigenvalue weighted by atomic mass is 10.2. The molecule has 1 unspecified atom stereocenters. The number of nitro benzene ring substituents is 1. The Kier molecular flexibility index (Phi) is 4.28. The van der Waals surface area contributed by atoms with Gasteiger partial charge in [-0.2, -0.15) is 0 Å². The van der Waals surface area contributed by atoms with Gasteiger partial charge in [0, 0.05) is 6.07 Å². The van der Waals surface area contributed by atoms with Gasteiger partial charge in [-0.15, -0.1) is 0 Å². The summed E-state index contributed by atoms with van der Waals surface area (Å²) in [6, 6.07) is 3.75. The fourth-order valence-electron chi connectivity index (χ4n) is 1.19. The highest BCUT2D eigenvalue weighted by atomic mass is 35.5. The van der Waals surface area contributed by atoms with Crippen LogP contribution in [0.1, 0.15) is 13.3 Å². The van der Waals surface area contributed by atoms with E-state index in [-0.39, 0.29) is 16.5 Å². The van der Waals surface area contributed by atoms with E-state index in [4.69, 9.17) is 22.1 Å². The quantitative estimate of drug-likeness (QED) is 0.644. The van der Waals surface area contributed by atoms with E-state index < -0.39 is 16.9 Å². The maximum Gasteiger partial charge on any atom is 0.273 e. The molecule has 1 rings (SSSR count). The van der Waals surface area contributed by atoms with Crippen molar-refractivity contribution in [2.75, 3.05) is 0 Å². The Bertz CT molecular complexity index is 450. The Morgan fingerprint density at radius 2 is 2.29 bits per heavy atom. The largest absolute Gasteiger partial charge is 0.479 e. The number of carbonyl (C=O) groups excluding carboxylic acids is 1. The zero-order valence-electron chi connectivity index (χ0n) is 9.05. The van der Waals surface area contributed by atoms with E-state index in [1.807, 2.05) is 0 Å². The first-order valence-electron chi connectivity index (χ1n) is 4.85. The molecule has 0 aliphatic carbocycles. The highest BCUT2D eigenvalue weighted by Crippen LogP contribution is 2.29. The maximum absolute atomic E-state index is 11.0. The van der Waals surface area contributed by atoms with E-state index in [1.54, 1.807) is 6.92 Å². The number of hydrogen-bond acceptors (Lipinski definition) is 4. The Morgan fingerprint density at radius 3 is 2.76 bits per heavy atom. The van der Waals surface area contributed by atoms with E-state index in [0.29, 0.717) is 6.42 Å². The molecule has 1 aromatic carbocycles. The summed E-state index contributed by atoms with van der Waals surface area (Å²) in [6.45, 7) is 1.71. The van der Waals surface area contributed by atoms with Crippen LogP contribution in [0.15, 0.2) is 18.2 Å². The monoisotopic (exact) mass is 258 g/mol. The van der Waals surface area contributed by atoms with Crippen LogP contribution in [0.2, 0.25) is 5.02 Å². The molecule has 1 amide bonds. The van der Waals surface area contributed by atoms with Crippen LogP contribution >= 0.6 is 11.6 Å². The Morgan fingerprint density at radius 1 is 1.65 bits per heavy atom. The molecule has 0 saturated heterocycles. The molecule has 2 N–H and O–H groups in total. The summed E-state index contributed by atoms with van der Waals surface area (Å²) in [4.78, 5) is 21.0. The second kappa shape index (κ2) is 5.49. The number of nitrogens with zero attached hydrogens (tertiary/aromatic N) is 1. The van der Waals surface area contributed by atoms with E-state index in [0.717, 1.165) is 6.07 Å². The Hall–Kier alpha value is -1.82. The number of hydrogen-bond donors (Lipinski definition) is 1. The molecule has 0 heterocycles. The molecule has 7 heteroatoms. The minimum atomic E-state index is -0.852. The van der Waals surface area contributed by atoms with E-state index >= 15 is 0 Å². The third kappa shape index (κ3) is 3.32. The first-order chi connectivity index (χ1) is 7.95. The predicted octanol–water partition coefficient (Wildman–Crippen LogP) is 1.89. The molecule has 0 radical (unpaired) electrons. The van der Waals surface area contributed by atoms with Gasteiger partial charge in [-0.05, 0) is 12.5 Å². The number of rotatable bonds is 5. The first kappa shape index (κ1) is 13.2. The molecule has 0 spiro atoms. The van der Waals surface area contributed by atoms with Gasteiger partial charge >= 0.3 is 0 Å². The summed E-state index contributed by atoms with van der Waals surface area (Å²) in [6.07, 6.45) is -0.497. The zero-order valence-corrected chi connectivity index (χ0v) is 9.81. The average molecular weight is 259 g/mol. The molecule has 6 nitrogen and oxygen atoms in total. The topological polar surface area (TPSA) is 95.5 Å². The van der Waals surface area contributed by atoms with Gasteiger partial charge in [-0.1, -0.05) is 18.5 Å². The van der Waals surface area contributed by atoms with Crippen LogP contribution in [0.4, 0.5) is 5.69 Å². The van der Waals surface area contributed by atoms with Crippen LogP contribution in [-0.2, 0) is 4.79 Å². The molecule has 1 aromatic rings. The normalized spacial score (nSPS) is 11.9. The first-order valence-corrected chi connectivity index (χ1v) is 5.23. The van der Waals surface area contributed by atoms with Crippen molar-refractivity contribution in [3.05, 3.63) is 33.3 Å². The Balaban J connectivity index is 3.00. The van der Waals surface area contributed by atoms with Crippen molar-refractivity contribution in [3.63, 3.8) is 0 Å². The van der Waals surface area contributed by atoms with Gasteiger partial charge in [0.15, 0.2) is 6.10 Å². The number of halogens is 1. The highest BCUT2D eigenvalue weighted by Gasteiger charge is 2.18. The zero-order chi connectivity index (χ0) is 13.0. The summed E-state index contributed by atoms with van der Waals surface area (Å²) in [5.74, 6) is -0.568. The van der Waals surface area contributed by atoms with Crippen LogP contribution in [0.3, 0.4) is 0 Å². The number of primary amides is 1. The van der Waals surface area contributed by atoms with Gasteiger partial charge in [-0.25, -0.2) is 0 Å². The standard InChI is InChI=1S/C10H11ClN2O4/c1-2-8(10(12)14)17-9-5-6(13(15)16)3-4-7(9)11/h3-5,8H,2H2,1H3,(H2,12,14). The predicted molar refractivity (Wildman–Crippen MR) is 62.0 cm³/mol. The number of carbonyl (C=O) groups is 1. The number of nitro groups is 1. The fraction of sp³-hybridized carbons (Fsp3) is 0.300. The molecular formula is C10H11ClN2O4. The molecule has 92 valence electrons. The van der Waals surface area contributed by atoms with Crippen LogP contribution < -0.4 is 10.5 Å². The van der Waals surface area contributed by atoms with Gasteiger partial charge in [0.25, 0.3) is 11.6 Å². The number of ether oxygens (including phenoxy) is 1. The van der Waals surface area contributed by atoms with Crippen LogP contribution in [-0.4, -0.2) is 16.9 Å². The van der Waals surface area contributed by atoms with E-state index in [9.17, 15) is 14.9 Å². The van der Waals surface area contributed by atoms with Gasteiger partial charge < -0.3 is 10.5 Å². The SMILES string of the molecule is CCC(Oc1cc([N+](=O)[O-])ccc1Cl)C(N)=O. The van der Waals surface area contributed by atoms with Crippen molar-refractivity contribution in [1.29, 1.82) is 0 Å². The summed E-state index contributed by atoms with van der Waals surface area (Å²) >= 11 is 5.81. The minimum Gasteiger partial charge on any atom is -0.479 e. The van der Waals surface area contributed by atoms with Crippen molar-refractivity contribution in [3.8, 4) is 5.75 Å². The molecule has 0 saturated carbocycles. The molecule has 0 aliphatic heterocycles. The van der Waals surface area contributed by atoms with Crippen molar-refractivity contribution in [2.45, 2.75) is 19.4 Å². The fourth-order valence-corrected chi connectivity index (χ4v) is 1.35. The lowest BCUT2D eigenvalue weighted by Gasteiger charge is -2.14. The molecular weight excluding hydrogens is 248 g/mol. The smallest absolute Gasteiger partial charge is 0.273 e. The molecule has 0 aromatic heterocycles. The van der Waals surface area contributed by atoms with Gasteiger partial charge in [0.1, 0.15) is 5.75 Å². The third-order valence-electron chi connectivity index (χ3n) is 2.08. The molecule has 0 fully saturated rings. The maximum atomic E-state index is 11.0. The van der Waals surface area contributed by atoms with E-state index in [2.05, 4.69) is 0 Å². The van der Waals surface area contributed by atoms with Crippen molar-refractivity contribution in [2.24, 2.45) is 5.73 Å². The lowest BCUT2D eigenvalue weighted by molar-refractivity contribution is -0.384. The summed E-state index contributed by atoms with van der Waals surface area (Å²) < 4.78 is 5.24. The van der Waals surface area contributed by atoms with E-state index in [1.165, 1.54) is 12.1 Å². The Labute approximate surface area is 102 Å². The number of non-ortho nitro benzene ring substituents is 1. The van der Waals surface area contributed by atoms with Crippen LogP contribution in [0, 0.1) is 10.1 Å². The second-order valence-corrected chi connectivity index (χ2v) is 3.70. The molecule has 0 bridgehead atoms. The highest BCUT2D eigenvalue weighted by molar-refractivity contribution is 6.32. The van der Waals surface area contributed by atoms with Crippen molar-refractivity contribution >= 4 is 23.2 Å². The second-order valence-electron chi connectivity index (χ2n) is 3.29. The minimum absolute atomic E-state index is 0.0755. The molecule has 1 atom stereocenters. The van der Waals surface area contributed by atoms with Crippen molar-refractivity contribution in [1.82, 2.24) is 0 Å². The molecule has 17 heavy (non-hydrogen) atoms. The van der Waals surface area contributed by atoms with Gasteiger partial charge in [0.05, 0.1) is 16.0 Å². The van der Waals surface area contributed by atoms with Gasteiger partial charge in [0.2, 0.25) is 0 Å². The third-order valence-corrected chi connectivity index (χ3v) is 2.40. The summed E-state index contributed by atoms with van der Waals surface area (Å²) in [7, 11) is 0. The average Bonchev–Trinajstić information content (AvgIpc) is 2.27. The van der Waals surface area contributed by atoms with Gasteiger partial charge in [-0.3, -0.25) is 14.9 Å². The molecule has 0 aliphatic rings. The summed E-state index contributed by atoms with van der Waals surface area (Å²) in [5, 5.41) is 10.8. The van der Waals surface area contributed by atoms with Crippen molar-refractivity contribution < 1.29 is 14.5 Å². The lowest BCUT2D eigenvalue weighted by Crippen LogP contribution is -2.33.